The number of hydrogen-bond acceptors (Lipinski definition) is 5. The molecule has 0 aliphatic heterocycles. The maximum atomic E-state index is 8.74. The molecule has 17 heavy (non-hydrogen) atoms. The Labute approximate surface area is 102 Å². The first-order chi connectivity index (χ1) is 7.99. The third kappa shape index (κ3) is 4.09. The van der Waals surface area contributed by atoms with Gasteiger partial charge in [-0.15, -0.1) is 0 Å². The van der Waals surface area contributed by atoms with E-state index in [9.17, 15) is 0 Å². The van der Waals surface area contributed by atoms with Crippen molar-refractivity contribution in [2.75, 3.05) is 13.2 Å². The second-order valence-electron chi connectivity index (χ2n) is 5.07. The maximum absolute atomic E-state index is 8.74. The monoisotopic (exact) mass is 242 g/mol. The number of aromatic nitrogens is 2. The van der Waals surface area contributed by atoms with Crippen LogP contribution in [0.1, 0.15) is 51.9 Å². The Morgan fingerprint density at radius 2 is 2.12 bits per heavy atom. The summed E-state index contributed by atoms with van der Waals surface area (Å²) in [6.45, 7) is 8.94. The molecule has 0 aliphatic rings. The highest BCUT2D eigenvalue weighted by molar-refractivity contribution is 4.96. The smallest absolute Gasteiger partial charge is 0.226 e. The molecule has 0 aliphatic carbocycles. The van der Waals surface area contributed by atoms with E-state index in [4.69, 9.17) is 14.4 Å². The molecule has 1 N–H and O–H groups in total. The molecule has 0 amide bonds. The van der Waals surface area contributed by atoms with Crippen LogP contribution in [0, 0.1) is 5.41 Å². The molecule has 0 aromatic carbocycles. The second-order valence-corrected chi connectivity index (χ2v) is 5.07. The predicted octanol–water partition coefficient (Wildman–Crippen LogP) is 2.12. The van der Waals surface area contributed by atoms with Crippen LogP contribution in [0.2, 0.25) is 0 Å². The van der Waals surface area contributed by atoms with Crippen LogP contribution in [-0.2, 0) is 11.2 Å². The van der Waals surface area contributed by atoms with Gasteiger partial charge < -0.3 is 14.4 Å². The van der Waals surface area contributed by atoms with Crippen molar-refractivity contribution in [1.29, 1.82) is 0 Å². The van der Waals surface area contributed by atoms with Gasteiger partial charge in [-0.3, -0.25) is 0 Å². The van der Waals surface area contributed by atoms with E-state index in [0.717, 1.165) is 0 Å². The van der Waals surface area contributed by atoms with Gasteiger partial charge in [-0.2, -0.15) is 4.98 Å². The summed E-state index contributed by atoms with van der Waals surface area (Å²) >= 11 is 0. The Morgan fingerprint density at radius 1 is 1.41 bits per heavy atom. The Bertz CT molecular complexity index is 331. The van der Waals surface area contributed by atoms with Gasteiger partial charge in [0.05, 0.1) is 0 Å². The Hall–Kier alpha value is -0.940. The molecule has 1 aromatic rings. The maximum Gasteiger partial charge on any atom is 0.226 e. The van der Waals surface area contributed by atoms with Crippen LogP contribution in [0.4, 0.5) is 0 Å². The van der Waals surface area contributed by atoms with Gasteiger partial charge in [-0.25, -0.2) is 0 Å². The van der Waals surface area contributed by atoms with Gasteiger partial charge in [-0.05, 0) is 18.8 Å². The van der Waals surface area contributed by atoms with E-state index >= 15 is 0 Å². The van der Waals surface area contributed by atoms with Gasteiger partial charge in [0, 0.05) is 19.6 Å². The Morgan fingerprint density at radius 3 is 2.65 bits per heavy atom. The Kier molecular flexibility index (Phi) is 5.08. The number of ether oxygens (including phenoxy) is 1. The number of aliphatic hydroxyl groups is 1. The molecular formula is C12H22N2O3. The average Bonchev–Trinajstić information content (AvgIpc) is 2.69. The first-order valence-electron chi connectivity index (χ1n) is 6.04. The molecule has 0 spiro atoms. The predicted molar refractivity (Wildman–Crippen MR) is 63.5 cm³/mol. The van der Waals surface area contributed by atoms with E-state index in [1.807, 2.05) is 6.92 Å². The summed E-state index contributed by atoms with van der Waals surface area (Å²) in [5.74, 6) is 1.15. The molecule has 0 saturated heterocycles. The molecule has 0 saturated carbocycles. The zero-order valence-corrected chi connectivity index (χ0v) is 11.1. The van der Waals surface area contributed by atoms with E-state index in [1.54, 1.807) is 0 Å². The number of nitrogens with zero attached hydrogens (tertiary/aromatic N) is 2. The molecule has 0 radical (unpaired) electrons. The molecule has 0 bridgehead atoms. The lowest BCUT2D eigenvalue weighted by atomic mass is 9.88. The van der Waals surface area contributed by atoms with Gasteiger partial charge in [0.2, 0.25) is 11.7 Å². The molecule has 1 aromatic heterocycles. The first-order valence-corrected chi connectivity index (χ1v) is 6.04. The molecule has 5 heteroatoms. The van der Waals surface area contributed by atoms with Crippen molar-refractivity contribution in [2.45, 2.75) is 46.6 Å². The molecule has 98 valence electrons. The van der Waals surface area contributed by atoms with Crippen molar-refractivity contribution >= 4 is 0 Å². The highest BCUT2D eigenvalue weighted by atomic mass is 16.5. The summed E-state index contributed by atoms with van der Waals surface area (Å²) in [5, 5.41) is 12.7. The fraction of sp³-hybridized carbons (Fsp3) is 0.833. The lowest BCUT2D eigenvalue weighted by molar-refractivity contribution is -0.0203. The molecule has 1 heterocycles. The van der Waals surface area contributed by atoms with Gasteiger partial charge >= 0.3 is 0 Å². The van der Waals surface area contributed by atoms with Crippen LogP contribution in [0.25, 0.3) is 0 Å². The minimum atomic E-state index is -0.167. The van der Waals surface area contributed by atoms with Crippen LogP contribution in [-0.4, -0.2) is 28.5 Å². The number of rotatable bonds is 6. The Balaban J connectivity index is 2.77. The molecule has 0 fully saturated rings. The fourth-order valence-corrected chi connectivity index (χ4v) is 1.58. The molecule has 1 atom stereocenters. The minimum absolute atomic E-state index is 0.0753. The zero-order chi connectivity index (χ0) is 12.9. The standard InChI is InChI=1S/C12H22N2O3/c1-5-16-10(12(2,3)4)11-13-9(17-14-11)7-6-8-15/h10,15H,5-8H2,1-4H3. The summed E-state index contributed by atoms with van der Waals surface area (Å²) in [4.78, 5) is 4.32. The quantitative estimate of drug-likeness (QED) is 0.827. The van der Waals surface area contributed by atoms with Crippen molar-refractivity contribution in [3.05, 3.63) is 11.7 Å². The molecule has 5 nitrogen and oxygen atoms in total. The molecule has 1 unspecified atom stereocenters. The number of hydrogen-bond donors (Lipinski definition) is 1. The van der Waals surface area contributed by atoms with Crippen molar-refractivity contribution in [3.8, 4) is 0 Å². The van der Waals surface area contributed by atoms with Crippen molar-refractivity contribution in [3.63, 3.8) is 0 Å². The largest absolute Gasteiger partial charge is 0.396 e. The average molecular weight is 242 g/mol. The fourth-order valence-electron chi connectivity index (χ4n) is 1.58. The summed E-state index contributed by atoms with van der Waals surface area (Å²) in [6, 6.07) is 0. The normalized spacial score (nSPS) is 13.9. The summed E-state index contributed by atoms with van der Waals surface area (Å²) in [5.41, 5.74) is -0.0753. The van der Waals surface area contributed by atoms with Gasteiger partial charge in [-0.1, -0.05) is 25.9 Å². The second kappa shape index (κ2) is 6.12. The number of aliphatic hydroxyl groups excluding tert-OH is 1. The van der Waals surface area contributed by atoms with E-state index in [0.29, 0.717) is 31.2 Å². The molecular weight excluding hydrogens is 220 g/mol. The van der Waals surface area contributed by atoms with Crippen LogP contribution in [0.3, 0.4) is 0 Å². The minimum Gasteiger partial charge on any atom is -0.396 e. The molecule has 1 rings (SSSR count). The summed E-state index contributed by atoms with van der Waals surface area (Å²) in [7, 11) is 0. The van der Waals surface area contributed by atoms with Crippen LogP contribution >= 0.6 is 0 Å². The van der Waals surface area contributed by atoms with Gasteiger partial charge in [0.25, 0.3) is 0 Å². The first kappa shape index (κ1) is 14.1. The lowest BCUT2D eigenvalue weighted by Gasteiger charge is -2.27. The van der Waals surface area contributed by atoms with Crippen molar-refractivity contribution in [1.82, 2.24) is 10.1 Å². The van der Waals surface area contributed by atoms with E-state index in [2.05, 4.69) is 30.9 Å². The highest BCUT2D eigenvalue weighted by Gasteiger charge is 2.31. The van der Waals surface area contributed by atoms with Crippen LogP contribution in [0.15, 0.2) is 4.52 Å². The van der Waals surface area contributed by atoms with Gasteiger partial charge in [0.1, 0.15) is 6.10 Å². The third-order valence-electron chi connectivity index (χ3n) is 2.39. The van der Waals surface area contributed by atoms with E-state index in [-0.39, 0.29) is 18.1 Å². The van der Waals surface area contributed by atoms with E-state index in [1.165, 1.54) is 0 Å². The topological polar surface area (TPSA) is 68.4 Å². The van der Waals surface area contributed by atoms with E-state index < -0.39 is 0 Å². The lowest BCUT2D eigenvalue weighted by Crippen LogP contribution is -2.22. The summed E-state index contributed by atoms with van der Waals surface area (Å²) in [6.07, 6.45) is 1.07. The van der Waals surface area contributed by atoms with Crippen molar-refractivity contribution in [2.24, 2.45) is 5.41 Å². The summed E-state index contributed by atoms with van der Waals surface area (Å²) < 4.78 is 10.8. The zero-order valence-electron chi connectivity index (χ0n) is 11.1. The third-order valence-corrected chi connectivity index (χ3v) is 2.39. The SMILES string of the molecule is CCOC(c1noc(CCCO)n1)C(C)(C)C. The van der Waals surface area contributed by atoms with Crippen LogP contribution < -0.4 is 0 Å². The highest BCUT2D eigenvalue weighted by Crippen LogP contribution is 2.34. The van der Waals surface area contributed by atoms with Gasteiger partial charge in [0.15, 0.2) is 0 Å². The van der Waals surface area contributed by atoms with Crippen molar-refractivity contribution < 1.29 is 14.4 Å². The van der Waals surface area contributed by atoms with Crippen LogP contribution in [0.5, 0.6) is 0 Å². The number of aryl methyl sites for hydroxylation is 1.